The van der Waals surface area contributed by atoms with Gasteiger partial charge in [-0.25, -0.2) is 9.78 Å². The summed E-state index contributed by atoms with van der Waals surface area (Å²) in [4.78, 5) is 16.1. The van der Waals surface area contributed by atoms with Crippen molar-refractivity contribution in [2.75, 3.05) is 0 Å². The Balaban J connectivity index is 1.56. The summed E-state index contributed by atoms with van der Waals surface area (Å²) in [6.45, 7) is 0.157. The first kappa shape index (κ1) is 14.3. The van der Waals surface area contributed by atoms with Gasteiger partial charge in [0.25, 0.3) is 0 Å². The molecule has 0 saturated carbocycles. The average molecular weight is 311 g/mol. The van der Waals surface area contributed by atoms with Gasteiger partial charge in [-0.05, 0) is 18.2 Å². The Morgan fingerprint density at radius 1 is 1.23 bits per heavy atom. The number of thiazole rings is 1. The van der Waals surface area contributed by atoms with Gasteiger partial charge in [-0.1, -0.05) is 30.3 Å². The minimum absolute atomic E-state index is 0.157. The lowest BCUT2D eigenvalue weighted by atomic mass is 10.2. The van der Waals surface area contributed by atoms with Gasteiger partial charge in [0.2, 0.25) is 0 Å². The summed E-state index contributed by atoms with van der Waals surface area (Å²) in [6, 6.07) is 13.4. The van der Waals surface area contributed by atoms with E-state index in [2.05, 4.69) is 4.98 Å². The van der Waals surface area contributed by atoms with Crippen molar-refractivity contribution in [2.24, 2.45) is 0 Å². The van der Waals surface area contributed by atoms with Crippen LogP contribution in [0.15, 0.2) is 64.6 Å². The molecule has 2 heterocycles. The van der Waals surface area contributed by atoms with Crippen LogP contribution in [0.4, 0.5) is 0 Å². The lowest BCUT2D eigenvalue weighted by molar-refractivity contribution is -0.139. The number of ether oxygens (including phenoxy) is 1. The van der Waals surface area contributed by atoms with Gasteiger partial charge in [0.1, 0.15) is 17.4 Å². The second-order valence-corrected chi connectivity index (χ2v) is 5.32. The zero-order valence-electron chi connectivity index (χ0n) is 11.6. The minimum atomic E-state index is -0.425. The number of carbonyl (C=O) groups is 1. The molecule has 0 aliphatic heterocycles. The molecule has 0 aliphatic carbocycles. The van der Waals surface area contributed by atoms with Crippen molar-refractivity contribution >= 4 is 23.4 Å². The van der Waals surface area contributed by atoms with E-state index in [1.165, 1.54) is 17.4 Å². The SMILES string of the molecule is O=C(/C=C/c1ccco1)OCc1csc(-c2ccccc2)n1. The summed E-state index contributed by atoms with van der Waals surface area (Å²) < 4.78 is 10.2. The number of aromatic nitrogens is 1. The predicted molar refractivity (Wildman–Crippen MR) is 85.1 cm³/mol. The largest absolute Gasteiger partial charge is 0.465 e. The summed E-state index contributed by atoms with van der Waals surface area (Å²) in [6.07, 6.45) is 4.45. The summed E-state index contributed by atoms with van der Waals surface area (Å²) >= 11 is 1.53. The van der Waals surface area contributed by atoms with Crippen LogP contribution in [0.25, 0.3) is 16.6 Å². The predicted octanol–water partition coefficient (Wildman–Crippen LogP) is 4.16. The molecule has 3 aromatic rings. The van der Waals surface area contributed by atoms with Gasteiger partial charge < -0.3 is 9.15 Å². The van der Waals surface area contributed by atoms with Crippen LogP contribution in [0.1, 0.15) is 11.5 Å². The molecule has 4 nitrogen and oxygen atoms in total. The third kappa shape index (κ3) is 3.71. The quantitative estimate of drug-likeness (QED) is 0.524. The lowest BCUT2D eigenvalue weighted by Crippen LogP contribution is -2.00. The number of esters is 1. The van der Waals surface area contributed by atoms with Crippen molar-refractivity contribution < 1.29 is 13.9 Å². The summed E-state index contributed by atoms with van der Waals surface area (Å²) in [5.41, 5.74) is 1.80. The first-order valence-corrected chi connectivity index (χ1v) is 7.57. The second kappa shape index (κ2) is 6.87. The minimum Gasteiger partial charge on any atom is -0.465 e. The molecule has 0 amide bonds. The highest BCUT2D eigenvalue weighted by atomic mass is 32.1. The highest BCUT2D eigenvalue weighted by Gasteiger charge is 2.06. The number of rotatable bonds is 5. The molecule has 0 bridgehead atoms. The van der Waals surface area contributed by atoms with Gasteiger partial charge in [0.05, 0.1) is 12.0 Å². The number of furan rings is 1. The summed E-state index contributed by atoms with van der Waals surface area (Å²) in [5, 5.41) is 2.81. The zero-order valence-corrected chi connectivity index (χ0v) is 12.5. The molecule has 22 heavy (non-hydrogen) atoms. The fourth-order valence-electron chi connectivity index (χ4n) is 1.82. The number of benzene rings is 1. The number of hydrogen-bond donors (Lipinski definition) is 0. The van der Waals surface area contributed by atoms with Crippen LogP contribution in [-0.4, -0.2) is 11.0 Å². The second-order valence-electron chi connectivity index (χ2n) is 4.47. The normalized spacial score (nSPS) is 10.9. The topological polar surface area (TPSA) is 52.3 Å². The number of nitrogens with zero attached hydrogens (tertiary/aromatic N) is 1. The third-order valence-electron chi connectivity index (χ3n) is 2.86. The van der Waals surface area contributed by atoms with Crippen molar-refractivity contribution in [3.05, 3.63) is 71.6 Å². The highest BCUT2D eigenvalue weighted by molar-refractivity contribution is 7.13. The smallest absolute Gasteiger partial charge is 0.331 e. The Kier molecular flexibility index (Phi) is 4.46. The highest BCUT2D eigenvalue weighted by Crippen LogP contribution is 2.23. The Morgan fingerprint density at radius 3 is 2.86 bits per heavy atom. The molecule has 2 aromatic heterocycles. The van der Waals surface area contributed by atoms with Gasteiger partial charge in [-0.15, -0.1) is 11.3 Å². The molecule has 0 radical (unpaired) electrons. The molecule has 0 aliphatic rings. The molecule has 0 saturated heterocycles. The monoisotopic (exact) mass is 311 g/mol. The summed E-state index contributed by atoms with van der Waals surface area (Å²) in [7, 11) is 0. The number of hydrogen-bond acceptors (Lipinski definition) is 5. The molecule has 1 aromatic carbocycles. The molecule has 110 valence electrons. The van der Waals surface area contributed by atoms with Gasteiger partial charge in [0.15, 0.2) is 0 Å². The van der Waals surface area contributed by atoms with Crippen LogP contribution in [0.5, 0.6) is 0 Å². The Labute approximate surface area is 131 Å². The van der Waals surface area contributed by atoms with E-state index in [0.29, 0.717) is 5.76 Å². The van der Waals surface area contributed by atoms with E-state index in [-0.39, 0.29) is 6.61 Å². The lowest BCUT2D eigenvalue weighted by Gasteiger charge is -1.98. The molecular formula is C17H13NO3S. The maximum Gasteiger partial charge on any atom is 0.331 e. The van der Waals surface area contributed by atoms with E-state index >= 15 is 0 Å². The van der Waals surface area contributed by atoms with Gasteiger partial charge in [-0.2, -0.15) is 0 Å². The van der Waals surface area contributed by atoms with Crippen molar-refractivity contribution in [1.82, 2.24) is 4.98 Å². The van der Waals surface area contributed by atoms with Crippen LogP contribution in [0.3, 0.4) is 0 Å². The molecule has 3 rings (SSSR count). The van der Waals surface area contributed by atoms with Gasteiger partial charge in [0, 0.05) is 17.0 Å². The fraction of sp³-hybridized carbons (Fsp3) is 0.0588. The van der Waals surface area contributed by atoms with E-state index in [0.717, 1.165) is 16.3 Å². The molecular weight excluding hydrogens is 298 g/mol. The van der Waals surface area contributed by atoms with E-state index in [4.69, 9.17) is 9.15 Å². The van der Waals surface area contributed by atoms with E-state index < -0.39 is 5.97 Å². The Bertz CT molecular complexity index is 760. The third-order valence-corrected chi connectivity index (χ3v) is 3.80. The maximum atomic E-state index is 11.6. The molecule has 0 spiro atoms. The fourth-order valence-corrected chi connectivity index (χ4v) is 2.63. The first-order chi connectivity index (χ1) is 10.8. The molecule has 0 fully saturated rings. The number of carbonyl (C=O) groups excluding carboxylic acids is 1. The van der Waals surface area contributed by atoms with Crippen LogP contribution < -0.4 is 0 Å². The van der Waals surface area contributed by atoms with Gasteiger partial charge >= 0.3 is 5.97 Å². The van der Waals surface area contributed by atoms with E-state index in [1.54, 1.807) is 24.5 Å². The molecule has 0 atom stereocenters. The average Bonchev–Trinajstić information content (AvgIpc) is 3.23. The molecule has 5 heteroatoms. The Hall–Kier alpha value is -2.66. The van der Waals surface area contributed by atoms with Crippen LogP contribution >= 0.6 is 11.3 Å². The van der Waals surface area contributed by atoms with Crippen LogP contribution in [-0.2, 0) is 16.1 Å². The van der Waals surface area contributed by atoms with Crippen LogP contribution in [0.2, 0.25) is 0 Å². The van der Waals surface area contributed by atoms with Crippen LogP contribution in [0, 0.1) is 0 Å². The Morgan fingerprint density at radius 2 is 2.09 bits per heavy atom. The standard InChI is InChI=1S/C17H13NO3S/c19-16(9-8-15-7-4-10-20-15)21-11-14-12-22-17(18-14)13-5-2-1-3-6-13/h1-10,12H,11H2/b9-8+. The van der Waals surface area contributed by atoms with Crippen molar-refractivity contribution in [1.29, 1.82) is 0 Å². The molecule has 0 unspecified atom stereocenters. The van der Waals surface area contributed by atoms with E-state index in [9.17, 15) is 4.79 Å². The zero-order chi connectivity index (χ0) is 15.2. The maximum absolute atomic E-state index is 11.6. The van der Waals surface area contributed by atoms with Gasteiger partial charge in [-0.3, -0.25) is 0 Å². The van der Waals surface area contributed by atoms with Crippen molar-refractivity contribution in [2.45, 2.75) is 6.61 Å². The summed E-state index contributed by atoms with van der Waals surface area (Å²) in [5.74, 6) is 0.183. The first-order valence-electron chi connectivity index (χ1n) is 6.69. The van der Waals surface area contributed by atoms with Crippen molar-refractivity contribution in [3.63, 3.8) is 0 Å². The molecule has 0 N–H and O–H groups in total. The van der Waals surface area contributed by atoms with Crippen molar-refractivity contribution in [3.8, 4) is 10.6 Å². The van der Waals surface area contributed by atoms with E-state index in [1.807, 2.05) is 35.7 Å².